The largest absolute Gasteiger partial charge is 0.352 e. The average molecular weight is 247 g/mol. The second-order valence-electron chi connectivity index (χ2n) is 4.21. The van der Waals surface area contributed by atoms with Crippen LogP contribution in [-0.4, -0.2) is 32.0 Å². The maximum Gasteiger partial charge on any atom is 0.254 e. The lowest BCUT2D eigenvalue weighted by Crippen LogP contribution is -2.25. The van der Waals surface area contributed by atoms with E-state index in [9.17, 15) is 4.79 Å². The highest BCUT2D eigenvalue weighted by molar-refractivity contribution is 5.93. The molecule has 0 aliphatic heterocycles. The third-order valence-corrected chi connectivity index (χ3v) is 2.73. The quantitative estimate of drug-likeness (QED) is 0.793. The van der Waals surface area contributed by atoms with Crippen LogP contribution >= 0.6 is 0 Å². The van der Waals surface area contributed by atoms with Gasteiger partial charge in [-0.2, -0.15) is 10.2 Å². The summed E-state index contributed by atoms with van der Waals surface area (Å²) >= 11 is 0. The van der Waals surface area contributed by atoms with Crippen LogP contribution in [0.2, 0.25) is 0 Å². The van der Waals surface area contributed by atoms with E-state index in [-0.39, 0.29) is 5.91 Å². The number of aryl methyl sites for hydroxylation is 3. The zero-order chi connectivity index (χ0) is 13.0. The molecule has 0 radical (unpaired) electrons. The number of carbonyl (C=O) groups excluding carboxylic acids is 1. The molecule has 2 rings (SSSR count). The van der Waals surface area contributed by atoms with Crippen LogP contribution in [0.25, 0.3) is 0 Å². The van der Waals surface area contributed by atoms with E-state index >= 15 is 0 Å². The molecule has 0 unspecified atom stereocenters. The normalized spacial score (nSPS) is 10.6. The maximum absolute atomic E-state index is 11.7. The molecule has 0 saturated heterocycles. The number of hydrogen-bond acceptors (Lipinski definition) is 3. The fourth-order valence-corrected chi connectivity index (χ4v) is 1.70. The van der Waals surface area contributed by atoms with Crippen LogP contribution in [0.4, 0.5) is 0 Å². The summed E-state index contributed by atoms with van der Waals surface area (Å²) in [6.07, 6.45) is 5.90. The second-order valence-corrected chi connectivity index (χ2v) is 4.21. The Labute approximate surface area is 106 Å². The molecule has 0 aliphatic rings. The lowest BCUT2D eigenvalue weighted by atomic mass is 10.3. The molecule has 0 aromatic carbocycles. The third kappa shape index (κ3) is 2.97. The Kier molecular flexibility index (Phi) is 3.76. The maximum atomic E-state index is 11.7. The molecule has 0 bridgehead atoms. The van der Waals surface area contributed by atoms with Crippen molar-refractivity contribution in [1.29, 1.82) is 0 Å². The molecule has 6 heteroatoms. The Bertz CT molecular complexity index is 528. The van der Waals surface area contributed by atoms with Crippen molar-refractivity contribution in [1.82, 2.24) is 24.9 Å². The minimum atomic E-state index is -0.0831. The fraction of sp³-hybridized carbons (Fsp3) is 0.417. The Hall–Kier alpha value is -2.11. The van der Waals surface area contributed by atoms with E-state index in [2.05, 4.69) is 15.5 Å². The van der Waals surface area contributed by atoms with E-state index in [0.29, 0.717) is 12.1 Å². The van der Waals surface area contributed by atoms with Gasteiger partial charge in [-0.15, -0.1) is 0 Å². The monoisotopic (exact) mass is 247 g/mol. The second kappa shape index (κ2) is 5.48. The number of nitrogens with zero attached hydrogens (tertiary/aromatic N) is 4. The molecule has 18 heavy (non-hydrogen) atoms. The van der Waals surface area contributed by atoms with E-state index < -0.39 is 0 Å². The lowest BCUT2D eigenvalue weighted by Gasteiger charge is -2.05. The van der Waals surface area contributed by atoms with Crippen molar-refractivity contribution >= 4 is 5.91 Å². The molecule has 2 aromatic rings. The predicted molar refractivity (Wildman–Crippen MR) is 67.1 cm³/mol. The Morgan fingerprint density at radius 3 is 2.89 bits per heavy atom. The smallest absolute Gasteiger partial charge is 0.254 e. The van der Waals surface area contributed by atoms with Crippen LogP contribution in [0, 0.1) is 6.92 Å². The summed E-state index contributed by atoms with van der Waals surface area (Å²) in [6, 6.07) is 1.97. The third-order valence-electron chi connectivity index (χ3n) is 2.73. The molecule has 0 spiro atoms. The minimum absolute atomic E-state index is 0.0831. The number of nitrogens with one attached hydrogen (secondary N) is 1. The predicted octanol–water partition coefficient (Wildman–Crippen LogP) is 0.745. The number of amides is 1. The van der Waals surface area contributed by atoms with Gasteiger partial charge in [0.25, 0.3) is 5.91 Å². The van der Waals surface area contributed by atoms with Gasteiger partial charge in [-0.25, -0.2) is 0 Å². The van der Waals surface area contributed by atoms with Crippen LogP contribution in [0.15, 0.2) is 24.7 Å². The van der Waals surface area contributed by atoms with E-state index in [1.54, 1.807) is 30.3 Å². The van der Waals surface area contributed by atoms with E-state index in [0.717, 1.165) is 18.7 Å². The molecule has 6 nitrogen and oxygen atoms in total. The van der Waals surface area contributed by atoms with Crippen LogP contribution in [-0.2, 0) is 13.6 Å². The van der Waals surface area contributed by atoms with Gasteiger partial charge in [-0.05, 0) is 19.4 Å². The Morgan fingerprint density at radius 2 is 2.28 bits per heavy atom. The molecule has 2 heterocycles. The summed E-state index contributed by atoms with van der Waals surface area (Å²) < 4.78 is 3.54. The van der Waals surface area contributed by atoms with Crippen molar-refractivity contribution in [3.63, 3.8) is 0 Å². The molecule has 0 fully saturated rings. The van der Waals surface area contributed by atoms with Crippen molar-refractivity contribution in [2.75, 3.05) is 6.54 Å². The zero-order valence-corrected chi connectivity index (χ0v) is 10.6. The van der Waals surface area contributed by atoms with Crippen LogP contribution in [0.1, 0.15) is 22.5 Å². The van der Waals surface area contributed by atoms with Crippen molar-refractivity contribution in [2.45, 2.75) is 19.9 Å². The van der Waals surface area contributed by atoms with Crippen molar-refractivity contribution in [2.24, 2.45) is 7.05 Å². The molecular weight excluding hydrogens is 230 g/mol. The van der Waals surface area contributed by atoms with Gasteiger partial charge in [0.15, 0.2) is 0 Å². The molecule has 0 atom stereocenters. The van der Waals surface area contributed by atoms with Crippen LogP contribution in [0.5, 0.6) is 0 Å². The van der Waals surface area contributed by atoms with Gasteiger partial charge in [0, 0.05) is 38.2 Å². The number of carbonyl (C=O) groups is 1. The Morgan fingerprint density at radius 1 is 1.44 bits per heavy atom. The molecule has 96 valence electrons. The van der Waals surface area contributed by atoms with Gasteiger partial charge >= 0.3 is 0 Å². The fourth-order valence-electron chi connectivity index (χ4n) is 1.70. The molecule has 1 N–H and O–H groups in total. The van der Waals surface area contributed by atoms with Crippen LogP contribution < -0.4 is 5.32 Å². The minimum Gasteiger partial charge on any atom is -0.352 e. The van der Waals surface area contributed by atoms with E-state index in [1.807, 2.05) is 17.7 Å². The first-order valence-electron chi connectivity index (χ1n) is 5.92. The number of rotatable bonds is 5. The zero-order valence-electron chi connectivity index (χ0n) is 10.6. The summed E-state index contributed by atoms with van der Waals surface area (Å²) in [5.41, 5.74) is 1.72. The summed E-state index contributed by atoms with van der Waals surface area (Å²) in [5.74, 6) is -0.0831. The SMILES string of the molecule is Cc1ccnn1CCCNC(=O)c1cnn(C)c1. The molecule has 1 amide bonds. The number of aromatic nitrogens is 4. The van der Waals surface area contributed by atoms with Crippen molar-refractivity contribution in [3.05, 3.63) is 35.9 Å². The van der Waals surface area contributed by atoms with E-state index in [4.69, 9.17) is 0 Å². The molecular formula is C12H17N5O. The average Bonchev–Trinajstić information content (AvgIpc) is 2.94. The molecule has 0 aliphatic carbocycles. The van der Waals surface area contributed by atoms with Gasteiger partial charge in [0.1, 0.15) is 0 Å². The van der Waals surface area contributed by atoms with Crippen molar-refractivity contribution in [3.8, 4) is 0 Å². The highest BCUT2D eigenvalue weighted by Crippen LogP contribution is 1.98. The molecule has 2 aromatic heterocycles. The first-order chi connectivity index (χ1) is 8.66. The summed E-state index contributed by atoms with van der Waals surface area (Å²) in [7, 11) is 1.79. The highest BCUT2D eigenvalue weighted by atomic mass is 16.1. The van der Waals surface area contributed by atoms with Gasteiger partial charge < -0.3 is 5.32 Å². The summed E-state index contributed by atoms with van der Waals surface area (Å²) in [4.78, 5) is 11.7. The Balaban J connectivity index is 1.73. The summed E-state index contributed by atoms with van der Waals surface area (Å²) in [6.45, 7) is 3.46. The first kappa shape index (κ1) is 12.3. The van der Waals surface area contributed by atoms with Crippen LogP contribution in [0.3, 0.4) is 0 Å². The van der Waals surface area contributed by atoms with Crippen molar-refractivity contribution < 1.29 is 4.79 Å². The van der Waals surface area contributed by atoms with E-state index in [1.165, 1.54) is 0 Å². The first-order valence-corrected chi connectivity index (χ1v) is 5.92. The lowest BCUT2D eigenvalue weighted by molar-refractivity contribution is 0.0952. The van der Waals surface area contributed by atoms with Gasteiger partial charge in [0.2, 0.25) is 0 Å². The highest BCUT2D eigenvalue weighted by Gasteiger charge is 2.06. The summed E-state index contributed by atoms with van der Waals surface area (Å²) in [5, 5.41) is 11.0. The van der Waals surface area contributed by atoms with Gasteiger partial charge in [0.05, 0.1) is 11.8 Å². The van der Waals surface area contributed by atoms with Gasteiger partial charge in [-0.3, -0.25) is 14.2 Å². The molecule has 0 saturated carbocycles. The van der Waals surface area contributed by atoms with Gasteiger partial charge in [-0.1, -0.05) is 0 Å². The number of hydrogen-bond donors (Lipinski definition) is 1. The topological polar surface area (TPSA) is 64.7 Å². The standard InChI is InChI=1S/C12H17N5O/c1-10-4-6-14-17(10)7-3-5-13-12(18)11-8-15-16(2)9-11/h4,6,8-9H,3,5,7H2,1-2H3,(H,13,18).